The van der Waals surface area contributed by atoms with Crippen molar-refractivity contribution in [1.29, 1.82) is 0 Å². The van der Waals surface area contributed by atoms with Crippen LogP contribution in [0.5, 0.6) is 0 Å². The van der Waals surface area contributed by atoms with E-state index in [0.717, 1.165) is 12.8 Å². The van der Waals surface area contributed by atoms with Crippen molar-refractivity contribution in [1.82, 2.24) is 0 Å². The number of ether oxygens (including phenoxy) is 3. The van der Waals surface area contributed by atoms with E-state index in [1.165, 1.54) is 0 Å². The molecule has 1 aliphatic rings. The topological polar surface area (TPSA) is 27.7 Å². The summed E-state index contributed by atoms with van der Waals surface area (Å²) in [7, 11) is 5.25. The molecule has 0 aromatic heterocycles. The second-order valence-electron chi connectivity index (χ2n) is 5.78. The Bertz CT molecular complexity index is 196. The van der Waals surface area contributed by atoms with E-state index in [4.69, 9.17) is 14.2 Å². The van der Waals surface area contributed by atoms with Gasteiger partial charge in [0, 0.05) is 21.3 Å². The normalized spacial score (nSPS) is 36.4. The molecule has 0 spiro atoms. The molecule has 0 heterocycles. The second kappa shape index (κ2) is 5.48. The summed E-state index contributed by atoms with van der Waals surface area (Å²) in [5, 5.41) is 0. The smallest absolute Gasteiger partial charge is 0.109 e. The molecule has 1 saturated carbocycles. The van der Waals surface area contributed by atoms with E-state index in [1.54, 1.807) is 21.3 Å². The molecule has 3 nitrogen and oxygen atoms in total. The SMILES string of the molecule is COC1CC(C(C)(C)C)CC(OC)C1OC. The van der Waals surface area contributed by atoms with Gasteiger partial charge in [0.15, 0.2) is 0 Å². The van der Waals surface area contributed by atoms with E-state index in [9.17, 15) is 0 Å². The maximum Gasteiger partial charge on any atom is 0.109 e. The Morgan fingerprint density at radius 3 is 1.50 bits per heavy atom. The first-order valence-corrected chi connectivity index (χ1v) is 6.02. The molecule has 0 N–H and O–H groups in total. The van der Waals surface area contributed by atoms with Crippen LogP contribution in [0.4, 0.5) is 0 Å². The van der Waals surface area contributed by atoms with Crippen LogP contribution in [0.3, 0.4) is 0 Å². The molecule has 3 heteroatoms. The van der Waals surface area contributed by atoms with Crippen LogP contribution in [0.2, 0.25) is 0 Å². The highest BCUT2D eigenvalue weighted by atomic mass is 16.6. The number of rotatable bonds is 3. The van der Waals surface area contributed by atoms with E-state index in [-0.39, 0.29) is 18.3 Å². The number of methoxy groups -OCH3 is 3. The van der Waals surface area contributed by atoms with Gasteiger partial charge in [-0.15, -0.1) is 0 Å². The van der Waals surface area contributed by atoms with Gasteiger partial charge in [0.05, 0.1) is 12.2 Å². The predicted octanol–water partition coefficient (Wildman–Crippen LogP) is 2.49. The molecule has 16 heavy (non-hydrogen) atoms. The van der Waals surface area contributed by atoms with E-state index in [1.807, 2.05) is 0 Å². The minimum atomic E-state index is 0.0635. The van der Waals surface area contributed by atoms with Crippen molar-refractivity contribution in [3.8, 4) is 0 Å². The van der Waals surface area contributed by atoms with Crippen molar-refractivity contribution in [2.24, 2.45) is 11.3 Å². The molecular formula is C13H26O3. The van der Waals surface area contributed by atoms with Crippen LogP contribution in [-0.4, -0.2) is 39.6 Å². The second-order valence-corrected chi connectivity index (χ2v) is 5.78. The van der Waals surface area contributed by atoms with Gasteiger partial charge in [-0.3, -0.25) is 0 Å². The van der Waals surface area contributed by atoms with Crippen LogP contribution in [0.15, 0.2) is 0 Å². The van der Waals surface area contributed by atoms with Crippen molar-refractivity contribution in [3.63, 3.8) is 0 Å². The van der Waals surface area contributed by atoms with Gasteiger partial charge in [-0.1, -0.05) is 20.8 Å². The molecule has 0 saturated heterocycles. The Hall–Kier alpha value is -0.120. The Kier molecular flexibility index (Phi) is 4.77. The van der Waals surface area contributed by atoms with Gasteiger partial charge >= 0.3 is 0 Å². The lowest BCUT2D eigenvalue weighted by Crippen LogP contribution is -2.49. The first kappa shape index (κ1) is 13.9. The lowest BCUT2D eigenvalue weighted by Gasteiger charge is -2.44. The Morgan fingerprint density at radius 2 is 1.25 bits per heavy atom. The van der Waals surface area contributed by atoms with Crippen molar-refractivity contribution in [2.45, 2.75) is 51.9 Å². The zero-order valence-corrected chi connectivity index (χ0v) is 11.4. The van der Waals surface area contributed by atoms with E-state index < -0.39 is 0 Å². The van der Waals surface area contributed by atoms with Gasteiger partial charge in [-0.25, -0.2) is 0 Å². The number of hydrogen-bond acceptors (Lipinski definition) is 3. The molecule has 0 amide bonds. The van der Waals surface area contributed by atoms with Crippen molar-refractivity contribution >= 4 is 0 Å². The Balaban J connectivity index is 2.78. The molecular weight excluding hydrogens is 204 g/mol. The fourth-order valence-electron chi connectivity index (χ4n) is 2.64. The summed E-state index contributed by atoms with van der Waals surface area (Å²) in [6.45, 7) is 6.85. The minimum Gasteiger partial charge on any atom is -0.379 e. The third kappa shape index (κ3) is 2.96. The zero-order valence-electron chi connectivity index (χ0n) is 11.4. The van der Waals surface area contributed by atoms with Gasteiger partial charge in [-0.05, 0) is 24.2 Å². The molecule has 2 atom stereocenters. The highest BCUT2D eigenvalue weighted by Gasteiger charge is 2.42. The van der Waals surface area contributed by atoms with E-state index in [0.29, 0.717) is 11.3 Å². The van der Waals surface area contributed by atoms with Crippen LogP contribution in [0.25, 0.3) is 0 Å². The molecule has 1 rings (SSSR count). The predicted molar refractivity (Wildman–Crippen MR) is 64.6 cm³/mol. The zero-order chi connectivity index (χ0) is 12.3. The molecule has 1 fully saturated rings. The molecule has 0 bridgehead atoms. The van der Waals surface area contributed by atoms with Crippen LogP contribution in [0.1, 0.15) is 33.6 Å². The summed E-state index contributed by atoms with van der Waals surface area (Å²) >= 11 is 0. The van der Waals surface area contributed by atoms with Crippen LogP contribution < -0.4 is 0 Å². The number of hydrogen-bond donors (Lipinski definition) is 0. The Morgan fingerprint density at radius 1 is 0.812 bits per heavy atom. The van der Waals surface area contributed by atoms with Gasteiger partial charge in [0.25, 0.3) is 0 Å². The largest absolute Gasteiger partial charge is 0.379 e. The minimum absolute atomic E-state index is 0.0635. The summed E-state index contributed by atoms with van der Waals surface area (Å²) in [6, 6.07) is 0. The van der Waals surface area contributed by atoms with Gasteiger partial charge in [0.2, 0.25) is 0 Å². The van der Waals surface area contributed by atoms with Crippen LogP contribution in [0, 0.1) is 11.3 Å². The fraction of sp³-hybridized carbons (Fsp3) is 1.00. The van der Waals surface area contributed by atoms with E-state index >= 15 is 0 Å². The van der Waals surface area contributed by atoms with Crippen LogP contribution in [-0.2, 0) is 14.2 Å². The summed E-state index contributed by atoms with van der Waals surface area (Å²) in [5.41, 5.74) is 0.298. The van der Waals surface area contributed by atoms with Gasteiger partial charge < -0.3 is 14.2 Å². The average molecular weight is 230 g/mol. The molecule has 0 aromatic rings. The molecule has 0 radical (unpaired) electrons. The fourth-order valence-corrected chi connectivity index (χ4v) is 2.64. The third-order valence-electron chi connectivity index (χ3n) is 3.87. The molecule has 2 unspecified atom stereocenters. The lowest BCUT2D eigenvalue weighted by molar-refractivity contribution is -0.150. The molecule has 96 valence electrons. The standard InChI is InChI=1S/C13H26O3/c1-13(2,3)9-7-10(14-4)12(16-6)11(8-9)15-5/h9-12H,7-8H2,1-6H3. The highest BCUT2D eigenvalue weighted by molar-refractivity contribution is 4.92. The highest BCUT2D eigenvalue weighted by Crippen LogP contribution is 2.40. The molecule has 1 aliphatic carbocycles. The first-order valence-electron chi connectivity index (χ1n) is 6.02. The van der Waals surface area contributed by atoms with Gasteiger partial charge in [-0.2, -0.15) is 0 Å². The quantitative estimate of drug-likeness (QED) is 0.745. The van der Waals surface area contributed by atoms with Crippen molar-refractivity contribution in [2.75, 3.05) is 21.3 Å². The average Bonchev–Trinajstić information content (AvgIpc) is 2.25. The maximum absolute atomic E-state index is 5.55. The molecule has 0 aliphatic heterocycles. The van der Waals surface area contributed by atoms with E-state index in [2.05, 4.69) is 20.8 Å². The van der Waals surface area contributed by atoms with Crippen LogP contribution >= 0.6 is 0 Å². The van der Waals surface area contributed by atoms with Crippen molar-refractivity contribution < 1.29 is 14.2 Å². The monoisotopic (exact) mass is 230 g/mol. The summed E-state index contributed by atoms with van der Waals surface area (Å²) in [4.78, 5) is 0. The molecule has 0 aromatic carbocycles. The Labute approximate surface area is 99.5 Å². The van der Waals surface area contributed by atoms with Gasteiger partial charge in [0.1, 0.15) is 6.10 Å². The lowest BCUT2D eigenvalue weighted by atomic mass is 9.70. The maximum atomic E-state index is 5.55. The van der Waals surface area contributed by atoms with Crippen molar-refractivity contribution in [3.05, 3.63) is 0 Å². The third-order valence-corrected chi connectivity index (χ3v) is 3.87. The summed E-state index contributed by atoms with van der Waals surface area (Å²) in [6.07, 6.45) is 2.46. The summed E-state index contributed by atoms with van der Waals surface area (Å²) in [5.74, 6) is 0.619. The first-order chi connectivity index (χ1) is 7.43. The summed E-state index contributed by atoms with van der Waals surface area (Å²) < 4.78 is 16.6.